The van der Waals surface area contributed by atoms with Crippen molar-refractivity contribution in [2.24, 2.45) is 5.41 Å². The van der Waals surface area contributed by atoms with Crippen LogP contribution >= 0.6 is 0 Å². The summed E-state index contributed by atoms with van der Waals surface area (Å²) in [4.78, 5) is 14.1. The molecular formula is C14H26N2O. The Hall–Kier alpha value is -0.570. The summed E-state index contributed by atoms with van der Waals surface area (Å²) in [6.07, 6.45) is 8.07. The first-order valence-corrected chi connectivity index (χ1v) is 7.24. The van der Waals surface area contributed by atoms with E-state index in [4.69, 9.17) is 0 Å². The molecule has 17 heavy (non-hydrogen) atoms. The standard InChI is InChI=1S/C14H26N2O/c1-2-6-14(7-9-15-10-8-14)12-16-11-4-3-5-13(16)17/h15H,2-12H2,1H3. The van der Waals surface area contributed by atoms with Gasteiger partial charge >= 0.3 is 0 Å². The summed E-state index contributed by atoms with van der Waals surface area (Å²) < 4.78 is 0. The quantitative estimate of drug-likeness (QED) is 0.814. The molecule has 0 aromatic rings. The summed E-state index contributed by atoms with van der Waals surface area (Å²) in [5, 5.41) is 3.44. The van der Waals surface area contributed by atoms with E-state index in [1.807, 2.05) is 0 Å². The third-order valence-electron chi connectivity index (χ3n) is 4.39. The Balaban J connectivity index is 1.98. The maximum atomic E-state index is 11.9. The molecule has 2 saturated heterocycles. The molecule has 2 rings (SSSR count). The Kier molecular flexibility index (Phi) is 4.43. The van der Waals surface area contributed by atoms with Crippen LogP contribution in [-0.2, 0) is 4.79 Å². The zero-order valence-electron chi connectivity index (χ0n) is 11.1. The monoisotopic (exact) mass is 238 g/mol. The molecule has 0 aliphatic carbocycles. The van der Waals surface area contributed by atoms with Gasteiger partial charge in [-0.3, -0.25) is 4.79 Å². The number of carbonyl (C=O) groups is 1. The lowest BCUT2D eigenvalue weighted by Crippen LogP contribution is -2.48. The Morgan fingerprint density at radius 3 is 2.71 bits per heavy atom. The van der Waals surface area contributed by atoms with Crippen LogP contribution in [0.1, 0.15) is 51.9 Å². The average Bonchev–Trinajstić information content (AvgIpc) is 2.34. The van der Waals surface area contributed by atoms with Gasteiger partial charge in [0, 0.05) is 19.5 Å². The van der Waals surface area contributed by atoms with Crippen molar-refractivity contribution in [2.45, 2.75) is 51.9 Å². The largest absolute Gasteiger partial charge is 0.342 e. The number of carbonyl (C=O) groups excluding carboxylic acids is 1. The number of likely N-dealkylation sites (tertiary alicyclic amines) is 1. The summed E-state index contributed by atoms with van der Waals surface area (Å²) in [5.74, 6) is 0.394. The lowest BCUT2D eigenvalue weighted by atomic mass is 9.74. The van der Waals surface area contributed by atoms with Crippen molar-refractivity contribution < 1.29 is 4.79 Å². The number of nitrogens with zero attached hydrogens (tertiary/aromatic N) is 1. The van der Waals surface area contributed by atoms with Crippen molar-refractivity contribution >= 4 is 5.91 Å². The summed E-state index contributed by atoms with van der Waals surface area (Å²) in [6, 6.07) is 0. The molecule has 3 nitrogen and oxygen atoms in total. The number of piperidine rings is 2. The minimum Gasteiger partial charge on any atom is -0.342 e. The molecule has 2 aliphatic rings. The molecule has 2 heterocycles. The summed E-state index contributed by atoms with van der Waals surface area (Å²) >= 11 is 0. The Morgan fingerprint density at radius 2 is 2.06 bits per heavy atom. The predicted octanol–water partition coefficient (Wildman–Crippen LogP) is 2.17. The van der Waals surface area contributed by atoms with Crippen LogP contribution in [0.3, 0.4) is 0 Å². The van der Waals surface area contributed by atoms with E-state index in [0.717, 1.165) is 39.0 Å². The first-order valence-electron chi connectivity index (χ1n) is 7.24. The van der Waals surface area contributed by atoms with Crippen LogP contribution in [0.4, 0.5) is 0 Å². The van der Waals surface area contributed by atoms with Crippen molar-refractivity contribution in [3.8, 4) is 0 Å². The first kappa shape index (κ1) is 12.9. The molecule has 1 amide bonds. The summed E-state index contributed by atoms with van der Waals surface area (Å²) in [6.45, 7) is 6.53. The van der Waals surface area contributed by atoms with Crippen molar-refractivity contribution in [3.63, 3.8) is 0 Å². The van der Waals surface area contributed by atoms with Crippen LogP contribution in [0.25, 0.3) is 0 Å². The normalized spacial score (nSPS) is 25.0. The molecule has 0 saturated carbocycles. The molecule has 2 fully saturated rings. The van der Waals surface area contributed by atoms with Crippen LogP contribution in [0, 0.1) is 5.41 Å². The van der Waals surface area contributed by atoms with E-state index in [1.165, 1.54) is 32.1 Å². The molecule has 0 atom stereocenters. The number of rotatable bonds is 4. The van der Waals surface area contributed by atoms with E-state index in [9.17, 15) is 4.79 Å². The maximum Gasteiger partial charge on any atom is 0.222 e. The fourth-order valence-electron chi connectivity index (χ4n) is 3.41. The highest BCUT2D eigenvalue weighted by atomic mass is 16.2. The molecule has 0 aromatic heterocycles. The Morgan fingerprint density at radius 1 is 1.29 bits per heavy atom. The van der Waals surface area contributed by atoms with Crippen LogP contribution in [0.15, 0.2) is 0 Å². The number of nitrogens with one attached hydrogen (secondary N) is 1. The predicted molar refractivity (Wildman–Crippen MR) is 69.9 cm³/mol. The second kappa shape index (κ2) is 5.85. The smallest absolute Gasteiger partial charge is 0.222 e. The maximum absolute atomic E-state index is 11.9. The van der Waals surface area contributed by atoms with Crippen LogP contribution < -0.4 is 5.32 Å². The summed E-state index contributed by atoms with van der Waals surface area (Å²) in [5.41, 5.74) is 0.410. The number of amides is 1. The SMILES string of the molecule is CCCC1(CN2CCCCC2=O)CCNCC1. The minimum absolute atomic E-state index is 0.394. The van der Waals surface area contributed by atoms with E-state index >= 15 is 0 Å². The molecule has 0 radical (unpaired) electrons. The van der Waals surface area contributed by atoms with Crippen molar-refractivity contribution in [1.82, 2.24) is 10.2 Å². The highest BCUT2D eigenvalue weighted by Gasteiger charge is 2.34. The molecular weight excluding hydrogens is 212 g/mol. The molecule has 2 aliphatic heterocycles. The van der Waals surface area contributed by atoms with Gasteiger partial charge in [0.05, 0.1) is 0 Å². The Bertz CT molecular complexity index is 253. The van der Waals surface area contributed by atoms with E-state index in [1.54, 1.807) is 0 Å². The van der Waals surface area contributed by atoms with Gasteiger partial charge in [-0.25, -0.2) is 0 Å². The van der Waals surface area contributed by atoms with Gasteiger partial charge in [-0.2, -0.15) is 0 Å². The van der Waals surface area contributed by atoms with Crippen LogP contribution in [-0.4, -0.2) is 37.0 Å². The van der Waals surface area contributed by atoms with Crippen molar-refractivity contribution in [2.75, 3.05) is 26.2 Å². The van der Waals surface area contributed by atoms with Crippen molar-refractivity contribution in [1.29, 1.82) is 0 Å². The van der Waals surface area contributed by atoms with Gasteiger partial charge in [0.2, 0.25) is 5.91 Å². The van der Waals surface area contributed by atoms with E-state index < -0.39 is 0 Å². The molecule has 0 unspecified atom stereocenters. The Labute approximate surface area is 105 Å². The topological polar surface area (TPSA) is 32.3 Å². The second-order valence-electron chi connectivity index (χ2n) is 5.77. The molecule has 3 heteroatoms. The van der Waals surface area contributed by atoms with Gasteiger partial charge in [0.25, 0.3) is 0 Å². The third kappa shape index (κ3) is 3.21. The zero-order valence-corrected chi connectivity index (χ0v) is 11.1. The van der Waals surface area contributed by atoms with Gasteiger partial charge < -0.3 is 10.2 Å². The van der Waals surface area contributed by atoms with Gasteiger partial charge in [-0.1, -0.05) is 13.3 Å². The molecule has 0 aromatic carbocycles. The fraction of sp³-hybridized carbons (Fsp3) is 0.929. The highest BCUT2D eigenvalue weighted by molar-refractivity contribution is 5.76. The fourth-order valence-corrected chi connectivity index (χ4v) is 3.41. The average molecular weight is 238 g/mol. The molecule has 98 valence electrons. The van der Waals surface area contributed by atoms with E-state index in [0.29, 0.717) is 11.3 Å². The zero-order chi connectivity index (χ0) is 12.1. The van der Waals surface area contributed by atoms with Gasteiger partial charge in [0.1, 0.15) is 0 Å². The molecule has 0 bridgehead atoms. The minimum atomic E-state index is 0.394. The summed E-state index contributed by atoms with van der Waals surface area (Å²) in [7, 11) is 0. The number of hydrogen-bond acceptors (Lipinski definition) is 2. The van der Waals surface area contributed by atoms with Crippen molar-refractivity contribution in [3.05, 3.63) is 0 Å². The number of hydrogen-bond donors (Lipinski definition) is 1. The second-order valence-corrected chi connectivity index (χ2v) is 5.77. The van der Waals surface area contributed by atoms with Crippen LogP contribution in [0.5, 0.6) is 0 Å². The van der Waals surface area contributed by atoms with E-state index in [-0.39, 0.29) is 0 Å². The van der Waals surface area contributed by atoms with Gasteiger partial charge in [-0.05, 0) is 50.6 Å². The lowest BCUT2D eigenvalue weighted by Gasteiger charge is -2.42. The first-order chi connectivity index (χ1) is 8.26. The lowest BCUT2D eigenvalue weighted by molar-refractivity contribution is -0.135. The third-order valence-corrected chi connectivity index (χ3v) is 4.39. The highest BCUT2D eigenvalue weighted by Crippen LogP contribution is 2.35. The van der Waals surface area contributed by atoms with E-state index in [2.05, 4.69) is 17.1 Å². The van der Waals surface area contributed by atoms with Gasteiger partial charge in [-0.15, -0.1) is 0 Å². The molecule has 1 N–H and O–H groups in total. The molecule has 0 spiro atoms. The van der Waals surface area contributed by atoms with Gasteiger partial charge in [0.15, 0.2) is 0 Å². The van der Waals surface area contributed by atoms with Crippen LogP contribution in [0.2, 0.25) is 0 Å².